The standard InChI is InChI=1S/C13H19N3O3/c1-9(17)15-10-3-5-11(6-4-10)16-13(18)7-12(8-14)19-2/h3-6,12H,7-8,14H2,1-2H3,(H,15,17)(H,16,18). The smallest absolute Gasteiger partial charge is 0.227 e. The van der Waals surface area contributed by atoms with E-state index in [2.05, 4.69) is 10.6 Å². The van der Waals surface area contributed by atoms with Crippen LogP contribution in [0.2, 0.25) is 0 Å². The van der Waals surface area contributed by atoms with Gasteiger partial charge >= 0.3 is 0 Å². The number of hydrogen-bond donors (Lipinski definition) is 3. The first-order chi connectivity index (χ1) is 9.05. The van der Waals surface area contributed by atoms with E-state index >= 15 is 0 Å². The van der Waals surface area contributed by atoms with E-state index in [0.29, 0.717) is 17.9 Å². The maximum Gasteiger partial charge on any atom is 0.227 e. The van der Waals surface area contributed by atoms with E-state index in [1.165, 1.54) is 14.0 Å². The molecule has 0 aromatic heterocycles. The summed E-state index contributed by atoms with van der Waals surface area (Å²) in [7, 11) is 1.52. The lowest BCUT2D eigenvalue weighted by atomic mass is 10.2. The van der Waals surface area contributed by atoms with Gasteiger partial charge in [-0.15, -0.1) is 0 Å². The van der Waals surface area contributed by atoms with Crippen LogP contribution in [0.1, 0.15) is 13.3 Å². The quantitative estimate of drug-likeness (QED) is 0.713. The molecule has 0 saturated carbocycles. The second kappa shape index (κ2) is 7.50. The number of amides is 2. The Morgan fingerprint density at radius 3 is 2.16 bits per heavy atom. The van der Waals surface area contributed by atoms with Crippen LogP contribution in [0, 0.1) is 0 Å². The van der Waals surface area contributed by atoms with E-state index in [0.717, 1.165) is 0 Å². The highest BCUT2D eigenvalue weighted by Crippen LogP contribution is 2.14. The first kappa shape index (κ1) is 15.1. The molecule has 0 aliphatic rings. The third-order valence-corrected chi connectivity index (χ3v) is 2.50. The van der Waals surface area contributed by atoms with Gasteiger partial charge in [0, 0.05) is 32.0 Å². The molecular formula is C13H19N3O3. The first-order valence-electron chi connectivity index (χ1n) is 5.95. The lowest BCUT2D eigenvalue weighted by Crippen LogP contribution is -2.28. The number of hydrogen-bond acceptors (Lipinski definition) is 4. The van der Waals surface area contributed by atoms with E-state index in [1.54, 1.807) is 24.3 Å². The summed E-state index contributed by atoms with van der Waals surface area (Å²) in [5.41, 5.74) is 6.79. The summed E-state index contributed by atoms with van der Waals surface area (Å²) in [4.78, 5) is 22.5. The van der Waals surface area contributed by atoms with Crippen molar-refractivity contribution in [2.45, 2.75) is 19.4 Å². The SMILES string of the molecule is COC(CN)CC(=O)Nc1ccc(NC(C)=O)cc1. The zero-order valence-electron chi connectivity index (χ0n) is 11.1. The van der Waals surface area contributed by atoms with Crippen LogP contribution in [0.25, 0.3) is 0 Å². The van der Waals surface area contributed by atoms with Crippen molar-refractivity contribution in [2.24, 2.45) is 5.73 Å². The van der Waals surface area contributed by atoms with Crippen LogP contribution < -0.4 is 16.4 Å². The number of nitrogens with two attached hydrogens (primary N) is 1. The van der Waals surface area contributed by atoms with Crippen molar-refractivity contribution >= 4 is 23.2 Å². The Bertz CT molecular complexity index is 427. The molecule has 0 heterocycles. The second-order valence-electron chi connectivity index (χ2n) is 4.10. The first-order valence-corrected chi connectivity index (χ1v) is 5.95. The van der Waals surface area contributed by atoms with Crippen LogP contribution in [0.15, 0.2) is 24.3 Å². The normalized spacial score (nSPS) is 11.7. The van der Waals surface area contributed by atoms with Gasteiger partial charge in [-0.25, -0.2) is 0 Å². The predicted molar refractivity (Wildman–Crippen MR) is 73.8 cm³/mol. The Labute approximate surface area is 112 Å². The van der Waals surface area contributed by atoms with Crippen LogP contribution in [-0.2, 0) is 14.3 Å². The summed E-state index contributed by atoms with van der Waals surface area (Å²) in [5, 5.41) is 5.38. The molecule has 104 valence electrons. The summed E-state index contributed by atoms with van der Waals surface area (Å²) >= 11 is 0. The van der Waals surface area contributed by atoms with Crippen molar-refractivity contribution in [3.8, 4) is 0 Å². The van der Waals surface area contributed by atoms with Gasteiger partial charge in [0.1, 0.15) is 0 Å². The Hall–Kier alpha value is -1.92. The molecule has 4 N–H and O–H groups in total. The van der Waals surface area contributed by atoms with Gasteiger partial charge in [-0.2, -0.15) is 0 Å². The van der Waals surface area contributed by atoms with Gasteiger partial charge in [0.25, 0.3) is 0 Å². The van der Waals surface area contributed by atoms with Crippen LogP contribution >= 0.6 is 0 Å². The number of carbonyl (C=O) groups is 2. The summed E-state index contributed by atoms with van der Waals surface area (Å²) < 4.78 is 5.04. The van der Waals surface area contributed by atoms with E-state index in [4.69, 9.17) is 10.5 Å². The third-order valence-electron chi connectivity index (χ3n) is 2.50. The van der Waals surface area contributed by atoms with Gasteiger partial charge in [0.15, 0.2) is 0 Å². The van der Waals surface area contributed by atoms with Crippen molar-refractivity contribution < 1.29 is 14.3 Å². The molecule has 1 rings (SSSR count). The Balaban J connectivity index is 2.53. The number of rotatable bonds is 6. The zero-order chi connectivity index (χ0) is 14.3. The third kappa shape index (κ3) is 5.50. The van der Waals surface area contributed by atoms with Crippen LogP contribution in [-0.4, -0.2) is 31.6 Å². The van der Waals surface area contributed by atoms with Crippen molar-refractivity contribution in [1.29, 1.82) is 0 Å². The molecule has 0 aliphatic carbocycles. The minimum absolute atomic E-state index is 0.136. The number of anilines is 2. The Kier molecular flexibility index (Phi) is 5.98. The highest BCUT2D eigenvalue weighted by Gasteiger charge is 2.11. The number of methoxy groups -OCH3 is 1. The minimum Gasteiger partial charge on any atom is -0.380 e. The van der Waals surface area contributed by atoms with Gasteiger partial charge in [-0.1, -0.05) is 0 Å². The molecule has 0 spiro atoms. The average molecular weight is 265 g/mol. The highest BCUT2D eigenvalue weighted by molar-refractivity contribution is 5.92. The molecule has 1 aromatic carbocycles. The maximum atomic E-state index is 11.7. The van der Waals surface area contributed by atoms with E-state index in [9.17, 15) is 9.59 Å². The fourth-order valence-electron chi connectivity index (χ4n) is 1.52. The molecule has 1 unspecified atom stereocenters. The Morgan fingerprint density at radius 2 is 1.74 bits per heavy atom. The molecule has 0 bridgehead atoms. The minimum atomic E-state index is -0.279. The fraction of sp³-hybridized carbons (Fsp3) is 0.385. The highest BCUT2D eigenvalue weighted by atomic mass is 16.5. The lowest BCUT2D eigenvalue weighted by molar-refractivity contribution is -0.118. The molecule has 19 heavy (non-hydrogen) atoms. The van der Waals surface area contributed by atoms with Crippen molar-refractivity contribution in [3.63, 3.8) is 0 Å². The van der Waals surface area contributed by atoms with Crippen molar-refractivity contribution in [3.05, 3.63) is 24.3 Å². The molecule has 1 aromatic rings. The number of nitrogens with one attached hydrogen (secondary N) is 2. The summed E-state index contributed by atoms with van der Waals surface area (Å²) in [6, 6.07) is 6.86. The van der Waals surface area contributed by atoms with Gasteiger partial charge in [-0.05, 0) is 24.3 Å². The van der Waals surface area contributed by atoms with Gasteiger partial charge in [0.05, 0.1) is 12.5 Å². The predicted octanol–water partition coefficient (Wildman–Crippen LogP) is 0.947. The monoisotopic (exact) mass is 265 g/mol. The molecule has 0 radical (unpaired) electrons. The van der Waals surface area contributed by atoms with Crippen LogP contribution in [0.3, 0.4) is 0 Å². The zero-order valence-corrected chi connectivity index (χ0v) is 11.1. The van der Waals surface area contributed by atoms with Gasteiger partial charge in [-0.3, -0.25) is 9.59 Å². The topological polar surface area (TPSA) is 93.4 Å². The molecule has 6 heteroatoms. The van der Waals surface area contributed by atoms with E-state index in [-0.39, 0.29) is 24.3 Å². The van der Waals surface area contributed by atoms with Gasteiger partial charge < -0.3 is 21.1 Å². The summed E-state index contributed by atoms with van der Waals surface area (Å²) in [6.45, 7) is 1.73. The molecule has 0 fully saturated rings. The van der Waals surface area contributed by atoms with Crippen LogP contribution in [0.4, 0.5) is 11.4 Å². The van der Waals surface area contributed by atoms with Crippen LogP contribution in [0.5, 0.6) is 0 Å². The summed E-state index contributed by atoms with van der Waals surface area (Å²) in [5.74, 6) is -0.299. The molecule has 6 nitrogen and oxygen atoms in total. The lowest BCUT2D eigenvalue weighted by Gasteiger charge is -2.12. The van der Waals surface area contributed by atoms with Gasteiger partial charge in [0.2, 0.25) is 11.8 Å². The van der Waals surface area contributed by atoms with Crippen molar-refractivity contribution in [2.75, 3.05) is 24.3 Å². The number of benzene rings is 1. The maximum absolute atomic E-state index is 11.7. The molecule has 1 atom stereocenters. The van der Waals surface area contributed by atoms with Crippen molar-refractivity contribution in [1.82, 2.24) is 0 Å². The number of ether oxygens (including phenoxy) is 1. The molecule has 0 saturated heterocycles. The summed E-state index contributed by atoms with van der Waals surface area (Å²) in [6.07, 6.45) is -0.0702. The second-order valence-corrected chi connectivity index (χ2v) is 4.10. The Morgan fingerprint density at radius 1 is 1.21 bits per heavy atom. The fourth-order valence-corrected chi connectivity index (χ4v) is 1.52. The molecule has 2 amide bonds. The molecule has 0 aliphatic heterocycles. The van der Waals surface area contributed by atoms with E-state index < -0.39 is 0 Å². The largest absolute Gasteiger partial charge is 0.380 e. The van der Waals surface area contributed by atoms with E-state index in [1.807, 2.05) is 0 Å². The number of carbonyl (C=O) groups excluding carboxylic acids is 2. The average Bonchev–Trinajstić information content (AvgIpc) is 2.37. The molecular weight excluding hydrogens is 246 g/mol.